The van der Waals surface area contributed by atoms with E-state index in [1.807, 2.05) is 12.3 Å². The van der Waals surface area contributed by atoms with Crippen molar-refractivity contribution >= 4 is 17.5 Å². The highest BCUT2D eigenvalue weighted by Gasteiger charge is 2.32. The average Bonchev–Trinajstić information content (AvgIpc) is 3.17. The molecule has 1 aliphatic heterocycles. The van der Waals surface area contributed by atoms with Crippen molar-refractivity contribution < 1.29 is 18.5 Å². The first-order chi connectivity index (χ1) is 14.4. The van der Waals surface area contributed by atoms with Crippen molar-refractivity contribution in [3.8, 4) is 11.3 Å². The molecule has 1 aromatic carbocycles. The van der Waals surface area contributed by atoms with Gasteiger partial charge in [-0.15, -0.1) is 0 Å². The molecule has 0 spiro atoms. The number of pyridine rings is 1. The van der Waals surface area contributed by atoms with Gasteiger partial charge in [0.2, 0.25) is 5.82 Å². The number of amides is 2. The van der Waals surface area contributed by atoms with Gasteiger partial charge in [0.1, 0.15) is 11.6 Å². The number of nitro groups is 1. The van der Waals surface area contributed by atoms with Crippen LogP contribution >= 0.6 is 0 Å². The van der Waals surface area contributed by atoms with E-state index in [1.54, 1.807) is 10.9 Å². The summed E-state index contributed by atoms with van der Waals surface area (Å²) in [4.78, 5) is 28.6. The molecule has 0 unspecified atom stereocenters. The van der Waals surface area contributed by atoms with Crippen LogP contribution in [0.3, 0.4) is 0 Å². The van der Waals surface area contributed by atoms with Crippen molar-refractivity contribution in [3.05, 3.63) is 70.5 Å². The quantitative estimate of drug-likeness (QED) is 0.509. The second-order valence-electron chi connectivity index (χ2n) is 6.87. The van der Waals surface area contributed by atoms with Gasteiger partial charge >= 0.3 is 11.7 Å². The van der Waals surface area contributed by atoms with Crippen LogP contribution in [-0.2, 0) is 6.54 Å². The van der Waals surface area contributed by atoms with E-state index in [1.165, 1.54) is 17.0 Å². The molecule has 3 aromatic rings. The molecule has 0 saturated carbocycles. The smallest absolute Gasteiger partial charge is 0.323 e. The maximum Gasteiger partial charge on any atom is 0.323 e. The number of carbonyl (C=O) groups is 1. The van der Waals surface area contributed by atoms with E-state index in [9.17, 15) is 23.7 Å². The first-order valence-corrected chi connectivity index (χ1v) is 9.05. The van der Waals surface area contributed by atoms with Crippen LogP contribution in [0, 0.1) is 27.7 Å². The Labute approximate surface area is 169 Å². The van der Waals surface area contributed by atoms with Crippen LogP contribution in [0.1, 0.15) is 0 Å². The number of anilines is 1. The highest BCUT2D eigenvalue weighted by Crippen LogP contribution is 2.29. The van der Waals surface area contributed by atoms with Crippen molar-refractivity contribution in [2.45, 2.75) is 6.54 Å². The van der Waals surface area contributed by atoms with E-state index in [0.29, 0.717) is 25.7 Å². The number of hydrogen-bond donors (Lipinski definition) is 1. The van der Waals surface area contributed by atoms with Crippen LogP contribution in [0.2, 0.25) is 0 Å². The van der Waals surface area contributed by atoms with Gasteiger partial charge in [-0.1, -0.05) is 0 Å². The number of hydrogen-bond acceptors (Lipinski definition) is 5. The standard InChI is InChI=1S/C19H16F2N6O3/c20-13-2-3-14(15(21)8-13)16-4-5-17(27(29)30)18(23-16)24-19(28)25-9-12(10-25)11-26-7-1-6-22-26/h1-8,12H,9-11H2,(H,23,24,28). The number of halogens is 2. The zero-order valence-electron chi connectivity index (χ0n) is 15.5. The summed E-state index contributed by atoms with van der Waals surface area (Å²) in [6.07, 6.45) is 3.50. The molecule has 0 bridgehead atoms. The predicted molar refractivity (Wildman–Crippen MR) is 103 cm³/mol. The minimum Gasteiger partial charge on any atom is -0.324 e. The van der Waals surface area contributed by atoms with Gasteiger partial charge in [-0.2, -0.15) is 5.10 Å². The van der Waals surface area contributed by atoms with Crippen molar-refractivity contribution in [2.75, 3.05) is 18.4 Å². The fourth-order valence-electron chi connectivity index (χ4n) is 3.24. The molecule has 1 aliphatic rings. The van der Waals surface area contributed by atoms with Crippen LogP contribution in [-0.4, -0.2) is 43.7 Å². The van der Waals surface area contributed by atoms with Gasteiger partial charge in [-0.3, -0.25) is 20.1 Å². The maximum atomic E-state index is 14.1. The van der Waals surface area contributed by atoms with Crippen LogP contribution in [0.4, 0.5) is 25.1 Å². The number of benzene rings is 1. The minimum atomic E-state index is -0.863. The lowest BCUT2D eigenvalue weighted by atomic mass is 10.0. The summed E-state index contributed by atoms with van der Waals surface area (Å²) in [5, 5.41) is 17.9. The first kappa shape index (κ1) is 19.4. The number of nitrogens with one attached hydrogen (secondary N) is 1. The maximum absolute atomic E-state index is 14.1. The Bertz CT molecular complexity index is 1100. The molecule has 1 fully saturated rings. The number of rotatable bonds is 5. The number of likely N-dealkylation sites (tertiary alicyclic amines) is 1. The molecule has 2 amide bonds. The Morgan fingerprint density at radius 3 is 2.73 bits per heavy atom. The van der Waals surface area contributed by atoms with Gasteiger partial charge in [0, 0.05) is 55.6 Å². The third kappa shape index (κ3) is 3.95. The van der Waals surface area contributed by atoms with E-state index in [0.717, 1.165) is 12.1 Å². The Kier molecular flexibility index (Phi) is 5.09. The molecule has 0 radical (unpaired) electrons. The Morgan fingerprint density at radius 1 is 1.27 bits per heavy atom. The summed E-state index contributed by atoms with van der Waals surface area (Å²) in [5.41, 5.74) is -0.429. The molecular formula is C19H16F2N6O3. The van der Waals surface area contributed by atoms with Crippen LogP contribution in [0.15, 0.2) is 48.8 Å². The summed E-state index contributed by atoms with van der Waals surface area (Å²) in [7, 11) is 0. The van der Waals surface area contributed by atoms with E-state index in [-0.39, 0.29) is 23.0 Å². The fourth-order valence-corrected chi connectivity index (χ4v) is 3.24. The lowest BCUT2D eigenvalue weighted by Crippen LogP contribution is -2.53. The normalized spacial score (nSPS) is 13.7. The van der Waals surface area contributed by atoms with Crippen molar-refractivity contribution in [3.63, 3.8) is 0 Å². The lowest BCUT2D eigenvalue weighted by Gasteiger charge is -2.38. The monoisotopic (exact) mass is 414 g/mol. The van der Waals surface area contributed by atoms with E-state index in [4.69, 9.17) is 0 Å². The second kappa shape index (κ2) is 7.85. The van der Waals surface area contributed by atoms with Gasteiger partial charge < -0.3 is 4.90 Å². The average molecular weight is 414 g/mol. The molecule has 30 heavy (non-hydrogen) atoms. The molecule has 4 rings (SSSR count). The Balaban J connectivity index is 1.49. The number of nitrogens with zero attached hydrogens (tertiary/aromatic N) is 5. The Hall–Kier alpha value is -3.89. The summed E-state index contributed by atoms with van der Waals surface area (Å²) in [6, 6.07) is 6.56. The van der Waals surface area contributed by atoms with Gasteiger partial charge in [-0.25, -0.2) is 18.6 Å². The fraction of sp³-hybridized carbons (Fsp3) is 0.211. The Morgan fingerprint density at radius 2 is 2.07 bits per heavy atom. The largest absolute Gasteiger partial charge is 0.324 e. The SMILES string of the molecule is O=C(Nc1nc(-c2ccc(F)cc2F)ccc1[N+](=O)[O-])N1CC(Cn2cccn2)C1. The van der Waals surface area contributed by atoms with Gasteiger partial charge in [0.05, 0.1) is 10.6 Å². The molecule has 0 atom stereocenters. The van der Waals surface area contributed by atoms with Crippen LogP contribution in [0.25, 0.3) is 11.3 Å². The zero-order chi connectivity index (χ0) is 21.3. The third-order valence-electron chi connectivity index (χ3n) is 4.75. The van der Waals surface area contributed by atoms with Crippen LogP contribution < -0.4 is 5.32 Å². The van der Waals surface area contributed by atoms with E-state index >= 15 is 0 Å². The van der Waals surface area contributed by atoms with Gasteiger partial charge in [0.15, 0.2) is 0 Å². The van der Waals surface area contributed by atoms with Crippen LogP contribution in [0.5, 0.6) is 0 Å². The van der Waals surface area contributed by atoms with Crippen molar-refractivity contribution in [1.82, 2.24) is 19.7 Å². The molecule has 154 valence electrons. The summed E-state index contributed by atoms with van der Waals surface area (Å²) in [6.45, 7) is 1.59. The molecule has 3 heterocycles. The number of aromatic nitrogens is 3. The molecule has 9 nitrogen and oxygen atoms in total. The molecule has 1 saturated heterocycles. The highest BCUT2D eigenvalue weighted by molar-refractivity contribution is 5.91. The first-order valence-electron chi connectivity index (χ1n) is 9.05. The molecule has 1 N–H and O–H groups in total. The third-order valence-corrected chi connectivity index (χ3v) is 4.75. The molecule has 0 aliphatic carbocycles. The lowest BCUT2D eigenvalue weighted by molar-refractivity contribution is -0.384. The van der Waals surface area contributed by atoms with Crippen molar-refractivity contribution in [1.29, 1.82) is 0 Å². The molecule has 2 aromatic heterocycles. The topological polar surface area (TPSA) is 106 Å². The van der Waals surface area contributed by atoms with Gasteiger partial charge in [0.25, 0.3) is 0 Å². The minimum absolute atomic E-state index is 0.0357. The zero-order valence-corrected chi connectivity index (χ0v) is 15.5. The molecular weight excluding hydrogens is 398 g/mol. The summed E-state index contributed by atoms with van der Waals surface area (Å²) < 4.78 is 29.0. The van der Waals surface area contributed by atoms with Crippen molar-refractivity contribution in [2.24, 2.45) is 5.92 Å². The predicted octanol–water partition coefficient (Wildman–Crippen LogP) is 3.30. The molecule has 11 heteroatoms. The second-order valence-corrected chi connectivity index (χ2v) is 6.87. The number of urea groups is 1. The van der Waals surface area contributed by atoms with E-state index < -0.39 is 28.3 Å². The van der Waals surface area contributed by atoms with Gasteiger partial charge in [-0.05, 0) is 24.3 Å². The summed E-state index contributed by atoms with van der Waals surface area (Å²) in [5.74, 6) is -1.70. The summed E-state index contributed by atoms with van der Waals surface area (Å²) >= 11 is 0. The number of carbonyl (C=O) groups excluding carboxylic acids is 1. The van der Waals surface area contributed by atoms with E-state index in [2.05, 4.69) is 15.4 Å². The highest BCUT2D eigenvalue weighted by atomic mass is 19.1.